The molecule has 3 rings (SSSR count). The van der Waals surface area contributed by atoms with Crippen LogP contribution in [0.25, 0.3) is 0 Å². The molecule has 0 bridgehead atoms. The van der Waals surface area contributed by atoms with Crippen LogP contribution in [0.2, 0.25) is 0 Å². The van der Waals surface area contributed by atoms with E-state index in [-0.39, 0.29) is 11.6 Å². The van der Waals surface area contributed by atoms with Crippen molar-refractivity contribution in [2.45, 2.75) is 65.0 Å². The number of pyridine rings is 1. The molecule has 6 heteroatoms. The molecule has 0 spiro atoms. The lowest BCUT2D eigenvalue weighted by Crippen LogP contribution is -2.31. The third kappa shape index (κ3) is 7.48. The van der Waals surface area contributed by atoms with Crippen LogP contribution in [-0.4, -0.2) is 22.7 Å². The number of amides is 2. The number of nitrogens with zero attached hydrogens (tertiary/aromatic N) is 1. The first-order valence-electron chi connectivity index (χ1n) is 10.4. The predicted molar refractivity (Wildman–Crippen MR) is 127 cm³/mol. The van der Waals surface area contributed by atoms with Gasteiger partial charge in [0.15, 0.2) is 0 Å². The van der Waals surface area contributed by atoms with Crippen molar-refractivity contribution < 1.29 is 9.59 Å². The summed E-state index contributed by atoms with van der Waals surface area (Å²) in [7, 11) is 0. The molecule has 30 heavy (non-hydrogen) atoms. The number of benzene rings is 1. The standard InChI is InChI=1S/C10H11N3O2S.C10H14.C4H10/c1-10(9(15)13-5-16-10)6-2-3-12-7(4-6)8(11)14;1-8(2)10-6-4-9(3)5-7-10;1-3-4-2/h2-4H,5H2,1H3,(H2,11,14)(H,13,15);4-8H,1-3H3;3-4H2,1-2H3. The number of unbranched alkanes of at least 4 members (excludes halogenated alkanes) is 1. The fraction of sp³-hybridized carbons (Fsp3) is 0.458. The summed E-state index contributed by atoms with van der Waals surface area (Å²) in [6, 6.07) is 12.0. The summed E-state index contributed by atoms with van der Waals surface area (Å²) in [6.45, 7) is 12.7. The molecular formula is C24H35N3O2S. The zero-order valence-electron chi connectivity index (χ0n) is 19.0. The largest absolute Gasteiger partial charge is 0.364 e. The highest BCUT2D eigenvalue weighted by Gasteiger charge is 2.40. The molecule has 1 aliphatic rings. The molecule has 2 aromatic rings. The van der Waals surface area contributed by atoms with Gasteiger partial charge < -0.3 is 11.1 Å². The summed E-state index contributed by atoms with van der Waals surface area (Å²) in [5.41, 5.74) is 8.84. The van der Waals surface area contributed by atoms with E-state index in [9.17, 15) is 9.59 Å². The van der Waals surface area contributed by atoms with Crippen LogP contribution >= 0.6 is 11.8 Å². The molecule has 1 aliphatic heterocycles. The van der Waals surface area contributed by atoms with Crippen molar-refractivity contribution in [1.82, 2.24) is 10.3 Å². The van der Waals surface area contributed by atoms with Crippen LogP contribution < -0.4 is 11.1 Å². The molecule has 5 nitrogen and oxygen atoms in total. The van der Waals surface area contributed by atoms with Gasteiger partial charge in [0.05, 0.1) is 5.88 Å². The number of carbonyl (C=O) groups is 2. The highest BCUT2D eigenvalue weighted by Crippen LogP contribution is 2.39. The Balaban J connectivity index is 0.000000274. The lowest BCUT2D eigenvalue weighted by molar-refractivity contribution is -0.122. The fourth-order valence-corrected chi connectivity index (χ4v) is 3.50. The minimum absolute atomic E-state index is 0.0564. The van der Waals surface area contributed by atoms with Crippen LogP contribution in [0.3, 0.4) is 0 Å². The number of nitrogens with one attached hydrogen (secondary N) is 1. The van der Waals surface area contributed by atoms with Crippen LogP contribution in [-0.2, 0) is 9.54 Å². The summed E-state index contributed by atoms with van der Waals surface area (Å²) in [4.78, 5) is 26.6. The number of primary amides is 1. The van der Waals surface area contributed by atoms with Crippen molar-refractivity contribution >= 4 is 23.6 Å². The first kappa shape index (κ1) is 25.7. The molecule has 1 unspecified atom stereocenters. The molecule has 3 N–H and O–H groups in total. The Morgan fingerprint density at radius 3 is 2.23 bits per heavy atom. The van der Waals surface area contributed by atoms with Gasteiger partial charge in [-0.25, -0.2) is 0 Å². The van der Waals surface area contributed by atoms with Crippen LogP contribution in [0, 0.1) is 6.92 Å². The van der Waals surface area contributed by atoms with E-state index in [0.717, 1.165) is 5.56 Å². The number of carbonyl (C=O) groups excluding carboxylic acids is 2. The molecule has 0 aliphatic carbocycles. The van der Waals surface area contributed by atoms with Crippen LogP contribution in [0.15, 0.2) is 42.6 Å². The number of aryl methyl sites for hydroxylation is 1. The summed E-state index contributed by atoms with van der Waals surface area (Å²) in [5, 5.41) is 2.74. The second kappa shape index (κ2) is 12.4. The molecule has 0 radical (unpaired) electrons. The lowest BCUT2D eigenvalue weighted by atomic mass is 9.99. The van der Waals surface area contributed by atoms with E-state index in [0.29, 0.717) is 11.8 Å². The number of nitrogens with two attached hydrogens (primary N) is 1. The summed E-state index contributed by atoms with van der Waals surface area (Å²) in [6.07, 6.45) is 4.13. The molecule has 1 aromatic carbocycles. The minimum atomic E-state index is -0.660. The van der Waals surface area contributed by atoms with E-state index in [1.54, 1.807) is 12.1 Å². The Morgan fingerprint density at radius 2 is 1.80 bits per heavy atom. The quantitative estimate of drug-likeness (QED) is 0.704. The molecule has 2 heterocycles. The van der Waals surface area contributed by atoms with E-state index in [2.05, 4.69) is 69.2 Å². The summed E-state index contributed by atoms with van der Waals surface area (Å²) >= 11 is 1.49. The highest BCUT2D eigenvalue weighted by molar-refractivity contribution is 8.01. The maximum Gasteiger partial charge on any atom is 0.267 e. The minimum Gasteiger partial charge on any atom is -0.364 e. The predicted octanol–water partition coefficient (Wildman–Crippen LogP) is 5.14. The maximum atomic E-state index is 11.7. The molecule has 164 valence electrons. The third-order valence-electron chi connectivity index (χ3n) is 4.83. The molecule has 1 fully saturated rings. The molecule has 1 atom stereocenters. The maximum absolute atomic E-state index is 11.7. The van der Waals surface area contributed by atoms with Gasteiger partial charge in [0, 0.05) is 6.20 Å². The first-order chi connectivity index (χ1) is 14.2. The van der Waals surface area contributed by atoms with Gasteiger partial charge in [-0.3, -0.25) is 14.6 Å². The van der Waals surface area contributed by atoms with Crippen molar-refractivity contribution in [3.63, 3.8) is 0 Å². The van der Waals surface area contributed by atoms with E-state index in [1.807, 2.05) is 6.92 Å². The second-order valence-electron chi connectivity index (χ2n) is 7.69. The van der Waals surface area contributed by atoms with E-state index in [1.165, 1.54) is 41.9 Å². The van der Waals surface area contributed by atoms with Crippen molar-refractivity contribution in [3.05, 3.63) is 65.0 Å². The topological polar surface area (TPSA) is 85.1 Å². The zero-order valence-corrected chi connectivity index (χ0v) is 19.8. The van der Waals surface area contributed by atoms with E-state index >= 15 is 0 Å². The number of hydrogen-bond acceptors (Lipinski definition) is 4. The molecule has 2 amide bonds. The number of aromatic nitrogens is 1. The smallest absolute Gasteiger partial charge is 0.267 e. The Labute approximate surface area is 185 Å². The number of hydrogen-bond donors (Lipinski definition) is 2. The fourth-order valence-electron chi connectivity index (χ4n) is 2.51. The zero-order chi connectivity index (χ0) is 22.7. The Hall–Kier alpha value is -2.34. The van der Waals surface area contributed by atoms with Gasteiger partial charge in [0.2, 0.25) is 5.91 Å². The van der Waals surface area contributed by atoms with Gasteiger partial charge in [-0.05, 0) is 43.0 Å². The van der Waals surface area contributed by atoms with Crippen molar-refractivity contribution in [2.24, 2.45) is 5.73 Å². The number of rotatable bonds is 4. The Kier molecular flexibility index (Phi) is 10.6. The van der Waals surface area contributed by atoms with Gasteiger partial charge in [-0.2, -0.15) is 0 Å². The second-order valence-corrected chi connectivity index (χ2v) is 9.08. The highest BCUT2D eigenvalue weighted by atomic mass is 32.2. The SMILES string of the molecule is CC1(c2ccnc(C(N)=O)c2)SCNC1=O.CCCC.Cc1ccc(C(C)C)cc1. The van der Waals surface area contributed by atoms with E-state index < -0.39 is 10.7 Å². The van der Waals surface area contributed by atoms with Gasteiger partial charge in [0.1, 0.15) is 10.4 Å². The average molecular weight is 430 g/mol. The van der Waals surface area contributed by atoms with E-state index in [4.69, 9.17) is 5.73 Å². The summed E-state index contributed by atoms with van der Waals surface area (Å²) < 4.78 is -0.660. The molecular weight excluding hydrogens is 394 g/mol. The lowest BCUT2D eigenvalue weighted by Gasteiger charge is -2.19. The van der Waals surface area contributed by atoms with Crippen LogP contribution in [0.1, 0.15) is 80.6 Å². The van der Waals surface area contributed by atoms with Crippen molar-refractivity contribution in [3.8, 4) is 0 Å². The normalized spacial score (nSPS) is 17.4. The first-order valence-corrected chi connectivity index (χ1v) is 11.4. The average Bonchev–Trinajstić information content (AvgIpc) is 3.08. The van der Waals surface area contributed by atoms with Gasteiger partial charge in [0.25, 0.3) is 5.91 Å². The van der Waals surface area contributed by atoms with Gasteiger partial charge >= 0.3 is 0 Å². The molecule has 1 saturated heterocycles. The number of thioether (sulfide) groups is 1. The van der Waals surface area contributed by atoms with Crippen LogP contribution in [0.5, 0.6) is 0 Å². The molecule has 1 aromatic heterocycles. The van der Waals surface area contributed by atoms with Gasteiger partial charge in [-0.1, -0.05) is 70.4 Å². The Bertz CT molecular complexity index is 819. The summed E-state index contributed by atoms with van der Waals surface area (Å²) in [5.74, 6) is 0.581. The Morgan fingerprint density at radius 1 is 1.20 bits per heavy atom. The van der Waals surface area contributed by atoms with Crippen molar-refractivity contribution in [1.29, 1.82) is 0 Å². The third-order valence-corrected chi connectivity index (χ3v) is 6.12. The van der Waals surface area contributed by atoms with Gasteiger partial charge in [-0.15, -0.1) is 11.8 Å². The molecule has 0 saturated carbocycles. The monoisotopic (exact) mass is 429 g/mol. The van der Waals surface area contributed by atoms with Crippen LogP contribution in [0.4, 0.5) is 0 Å². The van der Waals surface area contributed by atoms with Crippen molar-refractivity contribution in [2.75, 3.05) is 5.88 Å².